The highest BCUT2D eigenvalue weighted by Gasteiger charge is 2.23. The highest BCUT2D eigenvalue weighted by molar-refractivity contribution is 5.80. The number of amides is 1. The van der Waals surface area contributed by atoms with E-state index in [0.29, 0.717) is 13.2 Å². The maximum absolute atomic E-state index is 11.9. The van der Waals surface area contributed by atoms with E-state index in [1.165, 1.54) is 43.2 Å². The van der Waals surface area contributed by atoms with Crippen LogP contribution in [0.5, 0.6) is 0 Å². The molecule has 3 nitrogen and oxygen atoms in total. The van der Waals surface area contributed by atoms with E-state index in [1.807, 2.05) is 0 Å². The van der Waals surface area contributed by atoms with Crippen molar-refractivity contribution in [2.75, 3.05) is 6.61 Å². The molecule has 0 aromatic heterocycles. The van der Waals surface area contributed by atoms with E-state index in [9.17, 15) is 4.79 Å². The van der Waals surface area contributed by atoms with Gasteiger partial charge in [0.05, 0.1) is 0 Å². The molecular formula is C18H25NO2. The first-order valence-corrected chi connectivity index (χ1v) is 8.31. The quantitative estimate of drug-likeness (QED) is 0.920. The highest BCUT2D eigenvalue weighted by Crippen LogP contribution is 2.32. The smallest absolute Gasteiger partial charge is 0.249 e. The van der Waals surface area contributed by atoms with Crippen molar-refractivity contribution in [1.82, 2.24) is 5.32 Å². The summed E-state index contributed by atoms with van der Waals surface area (Å²) >= 11 is 0. The molecule has 1 aromatic carbocycles. The van der Waals surface area contributed by atoms with Crippen molar-refractivity contribution in [3.63, 3.8) is 0 Å². The zero-order chi connectivity index (χ0) is 14.5. The van der Waals surface area contributed by atoms with Crippen LogP contribution in [0.25, 0.3) is 0 Å². The SMILES string of the molecule is O=C(NCc1ccc(C2CCCCC2)cc1)C1CCCO1. The van der Waals surface area contributed by atoms with Gasteiger partial charge in [-0.1, -0.05) is 43.5 Å². The van der Waals surface area contributed by atoms with E-state index < -0.39 is 0 Å². The standard InChI is InChI=1S/C18H25NO2/c20-18(17-7-4-12-21-17)19-13-14-8-10-16(11-9-14)15-5-2-1-3-6-15/h8-11,15,17H,1-7,12-13H2,(H,19,20). The molecule has 1 aliphatic heterocycles. The minimum Gasteiger partial charge on any atom is -0.368 e. The maximum atomic E-state index is 11.9. The molecule has 1 heterocycles. The Kier molecular flexibility index (Phi) is 4.91. The van der Waals surface area contributed by atoms with Crippen LogP contribution in [-0.2, 0) is 16.1 Å². The molecule has 1 saturated carbocycles. The lowest BCUT2D eigenvalue weighted by Crippen LogP contribution is -2.33. The molecule has 0 bridgehead atoms. The largest absolute Gasteiger partial charge is 0.368 e. The molecule has 1 aliphatic carbocycles. The van der Waals surface area contributed by atoms with Crippen molar-refractivity contribution < 1.29 is 9.53 Å². The first-order valence-electron chi connectivity index (χ1n) is 8.31. The first-order chi connectivity index (χ1) is 10.3. The van der Waals surface area contributed by atoms with Crippen LogP contribution in [0.1, 0.15) is 62.0 Å². The normalized spacial score (nSPS) is 23.1. The number of carbonyl (C=O) groups excluding carboxylic acids is 1. The molecule has 1 saturated heterocycles. The van der Waals surface area contributed by atoms with Gasteiger partial charge in [0.15, 0.2) is 0 Å². The van der Waals surface area contributed by atoms with Gasteiger partial charge in [0, 0.05) is 13.2 Å². The molecule has 1 unspecified atom stereocenters. The third kappa shape index (κ3) is 3.85. The Balaban J connectivity index is 1.50. The van der Waals surface area contributed by atoms with Crippen LogP contribution in [0, 0.1) is 0 Å². The molecule has 114 valence electrons. The van der Waals surface area contributed by atoms with Crippen LogP contribution in [0.3, 0.4) is 0 Å². The lowest BCUT2D eigenvalue weighted by molar-refractivity contribution is -0.130. The van der Waals surface area contributed by atoms with Gasteiger partial charge in [-0.15, -0.1) is 0 Å². The molecule has 1 amide bonds. The highest BCUT2D eigenvalue weighted by atomic mass is 16.5. The van der Waals surface area contributed by atoms with E-state index in [-0.39, 0.29) is 12.0 Å². The van der Waals surface area contributed by atoms with Gasteiger partial charge in [0.2, 0.25) is 5.91 Å². The first kappa shape index (κ1) is 14.6. The fourth-order valence-electron chi connectivity index (χ4n) is 3.43. The van der Waals surface area contributed by atoms with Crippen LogP contribution in [0.2, 0.25) is 0 Å². The van der Waals surface area contributed by atoms with Gasteiger partial charge in [0.1, 0.15) is 6.10 Å². The summed E-state index contributed by atoms with van der Waals surface area (Å²) in [6, 6.07) is 8.78. The summed E-state index contributed by atoms with van der Waals surface area (Å²) in [5.74, 6) is 0.776. The number of rotatable bonds is 4. The molecular weight excluding hydrogens is 262 g/mol. The van der Waals surface area contributed by atoms with Crippen molar-refractivity contribution >= 4 is 5.91 Å². The monoisotopic (exact) mass is 287 g/mol. The van der Waals surface area contributed by atoms with Crippen molar-refractivity contribution in [3.05, 3.63) is 35.4 Å². The van der Waals surface area contributed by atoms with Gasteiger partial charge >= 0.3 is 0 Å². The topological polar surface area (TPSA) is 38.3 Å². The third-order valence-electron chi connectivity index (χ3n) is 4.75. The summed E-state index contributed by atoms with van der Waals surface area (Å²) in [7, 11) is 0. The van der Waals surface area contributed by atoms with Gasteiger partial charge in [-0.3, -0.25) is 4.79 Å². The van der Waals surface area contributed by atoms with Gasteiger partial charge in [-0.2, -0.15) is 0 Å². The van der Waals surface area contributed by atoms with Gasteiger partial charge < -0.3 is 10.1 Å². The minimum atomic E-state index is -0.230. The Morgan fingerprint density at radius 1 is 1.05 bits per heavy atom. The molecule has 21 heavy (non-hydrogen) atoms. The predicted octanol–water partition coefficient (Wildman–Crippen LogP) is 3.53. The zero-order valence-electron chi connectivity index (χ0n) is 12.6. The summed E-state index contributed by atoms with van der Waals surface area (Å²) in [5.41, 5.74) is 2.63. The number of hydrogen-bond donors (Lipinski definition) is 1. The average molecular weight is 287 g/mol. The zero-order valence-corrected chi connectivity index (χ0v) is 12.6. The second kappa shape index (κ2) is 7.08. The van der Waals surface area contributed by atoms with E-state index in [0.717, 1.165) is 18.8 Å². The summed E-state index contributed by atoms with van der Waals surface area (Å²) in [4.78, 5) is 11.9. The van der Waals surface area contributed by atoms with Crippen LogP contribution in [0.15, 0.2) is 24.3 Å². The average Bonchev–Trinajstić information content (AvgIpc) is 3.08. The third-order valence-corrected chi connectivity index (χ3v) is 4.75. The van der Waals surface area contributed by atoms with Crippen molar-refractivity contribution in [2.24, 2.45) is 0 Å². The number of ether oxygens (including phenoxy) is 1. The molecule has 1 N–H and O–H groups in total. The Hall–Kier alpha value is -1.35. The summed E-state index contributed by atoms with van der Waals surface area (Å²) in [6.45, 7) is 1.32. The molecule has 1 atom stereocenters. The number of nitrogens with one attached hydrogen (secondary N) is 1. The molecule has 2 aliphatic rings. The van der Waals surface area contributed by atoms with Crippen LogP contribution in [-0.4, -0.2) is 18.6 Å². The Labute approximate surface area is 127 Å². The summed E-state index contributed by atoms with van der Waals surface area (Å²) < 4.78 is 5.39. The summed E-state index contributed by atoms with van der Waals surface area (Å²) in [5, 5.41) is 2.98. The van der Waals surface area contributed by atoms with E-state index in [2.05, 4.69) is 29.6 Å². The van der Waals surface area contributed by atoms with Crippen LogP contribution < -0.4 is 5.32 Å². The van der Waals surface area contributed by atoms with Gasteiger partial charge in [-0.05, 0) is 42.7 Å². The molecule has 2 fully saturated rings. The fraction of sp³-hybridized carbons (Fsp3) is 0.611. The Morgan fingerprint density at radius 2 is 1.81 bits per heavy atom. The molecule has 1 aromatic rings. The van der Waals surface area contributed by atoms with Crippen molar-refractivity contribution in [2.45, 2.75) is 63.5 Å². The lowest BCUT2D eigenvalue weighted by atomic mass is 9.84. The lowest BCUT2D eigenvalue weighted by Gasteiger charge is -2.22. The predicted molar refractivity (Wildman–Crippen MR) is 83.1 cm³/mol. The maximum Gasteiger partial charge on any atom is 0.249 e. The molecule has 3 rings (SSSR count). The molecule has 0 spiro atoms. The number of hydrogen-bond acceptors (Lipinski definition) is 2. The second-order valence-electron chi connectivity index (χ2n) is 6.30. The van der Waals surface area contributed by atoms with Crippen LogP contribution in [0.4, 0.5) is 0 Å². The minimum absolute atomic E-state index is 0.0313. The molecule has 3 heteroatoms. The Bertz CT molecular complexity index is 457. The van der Waals surface area contributed by atoms with E-state index in [4.69, 9.17) is 4.74 Å². The number of benzene rings is 1. The molecule has 0 radical (unpaired) electrons. The van der Waals surface area contributed by atoms with Gasteiger partial charge in [0.25, 0.3) is 0 Å². The second-order valence-corrected chi connectivity index (χ2v) is 6.30. The van der Waals surface area contributed by atoms with Crippen molar-refractivity contribution in [3.8, 4) is 0 Å². The van der Waals surface area contributed by atoms with Crippen LogP contribution >= 0.6 is 0 Å². The number of carbonyl (C=O) groups is 1. The Morgan fingerprint density at radius 3 is 2.48 bits per heavy atom. The van der Waals surface area contributed by atoms with Gasteiger partial charge in [-0.25, -0.2) is 0 Å². The summed E-state index contributed by atoms with van der Waals surface area (Å²) in [6.07, 6.45) is 8.40. The fourth-order valence-corrected chi connectivity index (χ4v) is 3.43. The van der Waals surface area contributed by atoms with E-state index >= 15 is 0 Å². The van der Waals surface area contributed by atoms with Crippen molar-refractivity contribution in [1.29, 1.82) is 0 Å². The van der Waals surface area contributed by atoms with E-state index in [1.54, 1.807) is 0 Å².